The van der Waals surface area contributed by atoms with Crippen molar-refractivity contribution in [3.63, 3.8) is 0 Å². The van der Waals surface area contributed by atoms with Crippen LogP contribution in [0, 0.1) is 0 Å². The monoisotopic (exact) mass is 391 g/mol. The molecular weight excluding hydrogens is 381 g/mol. The maximum absolute atomic E-state index is 6.37. The molecule has 0 aliphatic heterocycles. The number of rotatable bonds is 2. The number of aromatic nitrogens is 3. The number of hydrogen-bond donors (Lipinski definition) is 0. The van der Waals surface area contributed by atoms with E-state index < -0.39 is 0 Å². The van der Waals surface area contributed by atoms with Crippen LogP contribution in [-0.4, -0.2) is 15.0 Å². The molecule has 0 radical (unpaired) electrons. The van der Waals surface area contributed by atoms with Crippen LogP contribution in [0.3, 0.4) is 0 Å². The highest BCUT2D eigenvalue weighted by molar-refractivity contribution is 6.36. The number of furan rings is 1. The summed E-state index contributed by atoms with van der Waals surface area (Å²) in [5.74, 6) is 0.989. The van der Waals surface area contributed by atoms with Gasteiger partial charge in [-0.1, -0.05) is 60.1 Å². The van der Waals surface area contributed by atoms with Crippen molar-refractivity contribution in [3.8, 4) is 22.8 Å². The first kappa shape index (κ1) is 16.2. The van der Waals surface area contributed by atoms with E-state index in [2.05, 4.69) is 15.0 Å². The lowest BCUT2D eigenvalue weighted by Crippen LogP contribution is -1.97. The number of fused-ring (bicyclic) bond motifs is 3. The molecule has 0 N–H and O–H groups in total. The Labute approximate surface area is 164 Å². The van der Waals surface area contributed by atoms with Gasteiger partial charge >= 0.3 is 0 Å². The van der Waals surface area contributed by atoms with Crippen LogP contribution in [0.1, 0.15) is 0 Å². The highest BCUT2D eigenvalue weighted by Gasteiger charge is 2.18. The van der Waals surface area contributed by atoms with Gasteiger partial charge < -0.3 is 4.42 Å². The van der Waals surface area contributed by atoms with E-state index in [9.17, 15) is 0 Å². The van der Waals surface area contributed by atoms with E-state index in [0.29, 0.717) is 22.3 Å². The minimum atomic E-state index is 0.134. The van der Waals surface area contributed by atoms with Gasteiger partial charge in [-0.15, -0.1) is 0 Å². The van der Waals surface area contributed by atoms with Crippen molar-refractivity contribution in [1.82, 2.24) is 15.0 Å². The lowest BCUT2D eigenvalue weighted by molar-refractivity contribution is 0.669. The minimum Gasteiger partial charge on any atom is -0.454 e. The fourth-order valence-corrected chi connectivity index (χ4v) is 3.53. The van der Waals surface area contributed by atoms with Crippen molar-refractivity contribution in [2.75, 3.05) is 0 Å². The molecule has 0 bridgehead atoms. The lowest BCUT2D eigenvalue weighted by Gasteiger charge is -2.06. The Morgan fingerprint density at radius 3 is 2.30 bits per heavy atom. The Balaban J connectivity index is 1.82. The molecule has 0 saturated heterocycles. The predicted molar refractivity (Wildman–Crippen MR) is 108 cm³/mol. The van der Waals surface area contributed by atoms with Gasteiger partial charge in [-0.3, -0.25) is 0 Å². The first-order chi connectivity index (χ1) is 13.2. The summed E-state index contributed by atoms with van der Waals surface area (Å²) in [7, 11) is 0. The second-order valence-electron chi connectivity index (χ2n) is 6.01. The zero-order chi connectivity index (χ0) is 18.4. The van der Waals surface area contributed by atoms with E-state index in [1.165, 1.54) is 0 Å². The van der Waals surface area contributed by atoms with Gasteiger partial charge in [-0.2, -0.15) is 9.97 Å². The number of benzene rings is 3. The van der Waals surface area contributed by atoms with Crippen molar-refractivity contribution < 1.29 is 4.42 Å². The van der Waals surface area contributed by atoms with E-state index >= 15 is 0 Å². The van der Waals surface area contributed by atoms with Crippen LogP contribution in [0.4, 0.5) is 0 Å². The van der Waals surface area contributed by atoms with Gasteiger partial charge in [0.2, 0.25) is 5.28 Å². The van der Waals surface area contributed by atoms with Crippen LogP contribution >= 0.6 is 23.2 Å². The highest BCUT2D eigenvalue weighted by Crippen LogP contribution is 2.39. The second kappa shape index (κ2) is 6.34. The third kappa shape index (κ3) is 2.74. The summed E-state index contributed by atoms with van der Waals surface area (Å²) in [5.41, 5.74) is 3.02. The summed E-state index contributed by atoms with van der Waals surface area (Å²) < 4.78 is 5.95. The Kier molecular flexibility index (Phi) is 3.81. The van der Waals surface area contributed by atoms with Gasteiger partial charge in [0.15, 0.2) is 17.2 Å². The summed E-state index contributed by atoms with van der Waals surface area (Å²) >= 11 is 12.6. The minimum absolute atomic E-state index is 0.134. The molecule has 2 aromatic heterocycles. The predicted octanol–water partition coefficient (Wildman–Crippen LogP) is 6.41. The van der Waals surface area contributed by atoms with Gasteiger partial charge in [0.25, 0.3) is 0 Å². The van der Waals surface area contributed by atoms with E-state index in [-0.39, 0.29) is 5.28 Å². The van der Waals surface area contributed by atoms with Crippen molar-refractivity contribution in [2.45, 2.75) is 0 Å². The van der Waals surface area contributed by atoms with Crippen LogP contribution in [0.5, 0.6) is 0 Å². The third-order valence-electron chi connectivity index (χ3n) is 4.36. The third-order valence-corrected chi connectivity index (χ3v) is 4.83. The Morgan fingerprint density at radius 2 is 1.44 bits per heavy atom. The quantitative estimate of drug-likeness (QED) is 0.348. The van der Waals surface area contributed by atoms with E-state index in [1.54, 1.807) is 6.07 Å². The standard InChI is InChI=1S/C21H11Cl2N3O/c22-15-11-10-14(17-13-8-4-5-9-16(13)27-18(15)17)20-24-19(25-21(23)26-20)12-6-2-1-3-7-12/h1-11H. The average Bonchev–Trinajstić information content (AvgIpc) is 3.09. The van der Waals surface area contributed by atoms with Crippen molar-refractivity contribution in [2.24, 2.45) is 0 Å². The summed E-state index contributed by atoms with van der Waals surface area (Å²) in [5, 5.41) is 2.48. The summed E-state index contributed by atoms with van der Waals surface area (Å²) in [6.45, 7) is 0. The van der Waals surface area contributed by atoms with E-state index in [4.69, 9.17) is 27.6 Å². The molecule has 3 aromatic carbocycles. The smallest absolute Gasteiger partial charge is 0.226 e. The number of hydrogen-bond acceptors (Lipinski definition) is 4. The molecule has 5 aromatic rings. The SMILES string of the molecule is Clc1nc(-c2ccccc2)nc(-c2ccc(Cl)c3oc4ccccc4c23)n1. The molecule has 0 saturated carbocycles. The highest BCUT2D eigenvalue weighted by atomic mass is 35.5. The van der Waals surface area contributed by atoms with Crippen LogP contribution < -0.4 is 0 Å². The van der Waals surface area contributed by atoms with Crippen molar-refractivity contribution in [1.29, 1.82) is 0 Å². The van der Waals surface area contributed by atoms with Gasteiger partial charge in [0.1, 0.15) is 5.58 Å². The van der Waals surface area contributed by atoms with Crippen LogP contribution in [0.15, 0.2) is 71.1 Å². The Morgan fingerprint density at radius 1 is 0.704 bits per heavy atom. The molecule has 0 aliphatic carbocycles. The van der Waals surface area contributed by atoms with Crippen LogP contribution in [0.2, 0.25) is 10.3 Å². The van der Waals surface area contributed by atoms with Crippen molar-refractivity contribution >= 4 is 45.1 Å². The molecule has 0 atom stereocenters. The molecule has 27 heavy (non-hydrogen) atoms. The molecular formula is C21H11Cl2N3O. The maximum Gasteiger partial charge on any atom is 0.226 e. The van der Waals surface area contributed by atoms with Gasteiger partial charge in [-0.05, 0) is 29.8 Å². The summed E-state index contributed by atoms with van der Waals surface area (Å²) in [6.07, 6.45) is 0. The van der Waals surface area contributed by atoms with E-state index in [1.807, 2.05) is 60.7 Å². The zero-order valence-electron chi connectivity index (χ0n) is 13.9. The fraction of sp³-hybridized carbons (Fsp3) is 0. The molecule has 0 fully saturated rings. The lowest BCUT2D eigenvalue weighted by atomic mass is 10.1. The fourth-order valence-electron chi connectivity index (χ4n) is 3.17. The van der Waals surface area contributed by atoms with Gasteiger partial charge in [-0.25, -0.2) is 4.98 Å². The molecule has 4 nitrogen and oxygen atoms in total. The largest absolute Gasteiger partial charge is 0.454 e. The number of para-hydroxylation sites is 1. The van der Waals surface area contributed by atoms with Crippen LogP contribution in [0.25, 0.3) is 44.7 Å². The summed E-state index contributed by atoms with van der Waals surface area (Å²) in [6, 6.07) is 21.1. The molecule has 5 rings (SSSR count). The molecule has 0 amide bonds. The topological polar surface area (TPSA) is 51.8 Å². The molecule has 130 valence electrons. The van der Waals surface area contributed by atoms with Crippen molar-refractivity contribution in [3.05, 3.63) is 77.0 Å². The van der Waals surface area contributed by atoms with E-state index in [0.717, 1.165) is 27.5 Å². The molecule has 2 heterocycles. The van der Waals surface area contributed by atoms with Crippen LogP contribution in [-0.2, 0) is 0 Å². The average molecular weight is 392 g/mol. The van der Waals surface area contributed by atoms with Gasteiger partial charge in [0.05, 0.1) is 5.02 Å². The normalized spacial score (nSPS) is 11.3. The molecule has 0 aliphatic rings. The first-order valence-corrected chi connectivity index (χ1v) is 9.03. The molecule has 0 unspecified atom stereocenters. The zero-order valence-corrected chi connectivity index (χ0v) is 15.4. The van der Waals surface area contributed by atoms with Gasteiger partial charge in [0, 0.05) is 21.9 Å². The second-order valence-corrected chi connectivity index (χ2v) is 6.76. The maximum atomic E-state index is 6.37. The Hall–Kier alpha value is -2.95. The summed E-state index contributed by atoms with van der Waals surface area (Å²) in [4.78, 5) is 13.3. The number of halogens is 2. The molecule has 6 heteroatoms. The Bertz CT molecular complexity index is 1300. The first-order valence-electron chi connectivity index (χ1n) is 8.28. The molecule has 0 spiro atoms. The number of nitrogens with zero attached hydrogens (tertiary/aromatic N) is 3.